The van der Waals surface area contributed by atoms with Gasteiger partial charge in [-0.15, -0.1) is 0 Å². The summed E-state index contributed by atoms with van der Waals surface area (Å²) in [6.07, 6.45) is 0.911. The fourth-order valence-electron chi connectivity index (χ4n) is 2.02. The van der Waals surface area contributed by atoms with Gasteiger partial charge in [0, 0.05) is 18.0 Å². The molecule has 8 heteroatoms. The third kappa shape index (κ3) is 4.98. The molecule has 0 radical (unpaired) electrons. The quantitative estimate of drug-likeness (QED) is 0.640. The number of hydrogen-bond donors (Lipinski definition) is 2. The first-order valence-electron chi connectivity index (χ1n) is 6.81. The zero-order valence-electron chi connectivity index (χ0n) is 12.8. The van der Waals surface area contributed by atoms with E-state index >= 15 is 0 Å². The van der Waals surface area contributed by atoms with Crippen molar-refractivity contribution in [2.24, 2.45) is 0 Å². The van der Waals surface area contributed by atoms with E-state index in [1.54, 1.807) is 20.1 Å². The highest BCUT2D eigenvalue weighted by molar-refractivity contribution is 7.79. The molecule has 5 nitrogen and oxygen atoms in total. The number of anilines is 1. The van der Waals surface area contributed by atoms with E-state index < -0.39 is 6.71 Å². The zero-order chi connectivity index (χ0) is 17.4. The Balaban J connectivity index is 0.000000231. The minimum atomic E-state index is -0.536. The molecule has 1 aromatic rings. The second kappa shape index (κ2) is 9.18. The summed E-state index contributed by atoms with van der Waals surface area (Å²) in [7, 11) is 1.57. The Morgan fingerprint density at radius 3 is 2.83 bits per heavy atom. The SMILES string of the molecule is CC1=C(O)CCB(C#N)C1=O.COc1c(Cl)cccc1NC=S. The molecule has 0 spiro atoms. The molecule has 0 unspecified atom stereocenters. The minimum absolute atomic E-state index is 0.140. The molecule has 1 aliphatic heterocycles. The topological polar surface area (TPSA) is 82.3 Å². The number of thiocarbonyl (C=S) groups is 1. The zero-order valence-corrected chi connectivity index (χ0v) is 14.4. The van der Waals surface area contributed by atoms with Gasteiger partial charge in [0.15, 0.2) is 5.75 Å². The number of halogens is 1. The van der Waals surface area contributed by atoms with Crippen LogP contribution in [0.15, 0.2) is 29.5 Å². The summed E-state index contributed by atoms with van der Waals surface area (Å²) >= 11 is 10.5. The predicted molar refractivity (Wildman–Crippen MR) is 96.4 cm³/mol. The second-order valence-corrected chi connectivity index (χ2v) is 5.38. The van der Waals surface area contributed by atoms with E-state index in [1.165, 1.54) is 5.49 Å². The Hall–Kier alpha value is -2.04. The number of methoxy groups -OCH3 is 1. The summed E-state index contributed by atoms with van der Waals surface area (Å²) < 4.78 is 5.07. The highest BCUT2D eigenvalue weighted by Crippen LogP contribution is 2.31. The fraction of sp³-hybridized carbons (Fsp3) is 0.267. The fourth-order valence-corrected chi connectivity index (χ4v) is 2.40. The molecule has 0 amide bonds. The molecule has 1 aromatic carbocycles. The molecular formula is C15H16BClN2O3S. The summed E-state index contributed by atoms with van der Waals surface area (Å²) in [4.78, 5) is 11.1. The summed E-state index contributed by atoms with van der Waals surface area (Å²) in [6, 6.07) is 5.43. The standard InChI is InChI=1S/C8H8ClNOS.C7H8BNO2/c1-11-8-6(9)3-2-4-7(8)10-5-12;1-5-6(10)2-3-8(4-9)7(5)11/h2-5H,1H3,(H,10,12);10H,2-3H2,1H3. The molecule has 120 valence electrons. The summed E-state index contributed by atoms with van der Waals surface area (Å²) in [6.45, 7) is 1.02. The molecule has 0 atom stereocenters. The van der Waals surface area contributed by atoms with Gasteiger partial charge in [0.1, 0.15) is 5.68 Å². The lowest BCUT2D eigenvalue weighted by molar-refractivity contribution is -0.109. The second-order valence-electron chi connectivity index (χ2n) is 4.74. The van der Waals surface area contributed by atoms with Crippen molar-refractivity contribution >= 4 is 47.4 Å². The molecule has 2 N–H and O–H groups in total. The molecule has 0 saturated heterocycles. The van der Waals surface area contributed by atoms with Crippen molar-refractivity contribution in [3.8, 4) is 11.7 Å². The summed E-state index contributed by atoms with van der Waals surface area (Å²) in [5.74, 6) is 2.66. The minimum Gasteiger partial charge on any atom is -0.512 e. The Labute approximate surface area is 146 Å². The number of nitrogens with one attached hydrogen (secondary N) is 1. The lowest BCUT2D eigenvalue weighted by Crippen LogP contribution is -2.29. The number of benzene rings is 1. The maximum Gasteiger partial charge on any atom is 0.350 e. The number of rotatable bonds is 3. The van der Waals surface area contributed by atoms with Crippen LogP contribution in [0.4, 0.5) is 5.69 Å². The number of carbonyl (C=O) groups is 1. The van der Waals surface area contributed by atoms with E-state index in [9.17, 15) is 4.79 Å². The van der Waals surface area contributed by atoms with Crippen LogP contribution in [0.25, 0.3) is 0 Å². The normalized spacial score (nSPS) is 13.7. The van der Waals surface area contributed by atoms with Crippen LogP contribution in [0.3, 0.4) is 0 Å². The van der Waals surface area contributed by atoms with Crippen LogP contribution in [0, 0.1) is 11.2 Å². The number of carbonyl (C=O) groups excluding carboxylic acids is 1. The maximum absolute atomic E-state index is 11.1. The average Bonchev–Trinajstić information content (AvgIpc) is 2.54. The number of para-hydroxylation sites is 1. The van der Waals surface area contributed by atoms with Gasteiger partial charge < -0.3 is 20.0 Å². The van der Waals surface area contributed by atoms with Crippen molar-refractivity contribution in [2.75, 3.05) is 12.4 Å². The van der Waals surface area contributed by atoms with Gasteiger partial charge in [-0.3, -0.25) is 0 Å². The van der Waals surface area contributed by atoms with Crippen molar-refractivity contribution in [2.45, 2.75) is 19.7 Å². The van der Waals surface area contributed by atoms with Crippen LogP contribution < -0.4 is 10.1 Å². The van der Waals surface area contributed by atoms with Gasteiger partial charge in [-0.2, -0.15) is 0 Å². The van der Waals surface area contributed by atoms with Gasteiger partial charge in [0.25, 0.3) is 0 Å². The number of aliphatic hydroxyl groups excluding tert-OH is 1. The summed E-state index contributed by atoms with van der Waals surface area (Å²) in [5.41, 5.74) is 2.31. The number of hydrogen-bond acceptors (Lipinski definition) is 5. The molecule has 2 rings (SSSR count). The van der Waals surface area contributed by atoms with Gasteiger partial charge >= 0.3 is 6.71 Å². The molecule has 0 bridgehead atoms. The molecule has 23 heavy (non-hydrogen) atoms. The van der Waals surface area contributed by atoms with Gasteiger partial charge in [0.05, 0.1) is 29.1 Å². The molecule has 1 aliphatic rings. The number of ether oxygens (including phenoxy) is 1. The van der Waals surface area contributed by atoms with E-state index in [0.29, 0.717) is 29.1 Å². The molecule has 0 fully saturated rings. The van der Waals surface area contributed by atoms with E-state index in [4.69, 9.17) is 26.7 Å². The van der Waals surface area contributed by atoms with Crippen LogP contribution >= 0.6 is 23.8 Å². The number of nitrogens with zero attached hydrogens (tertiary/aromatic N) is 1. The predicted octanol–water partition coefficient (Wildman–Crippen LogP) is 3.61. The lowest BCUT2D eigenvalue weighted by atomic mass is 9.42. The molecular weight excluding hydrogens is 335 g/mol. The van der Waals surface area contributed by atoms with Gasteiger partial charge in [-0.05, 0) is 25.4 Å². The van der Waals surface area contributed by atoms with Crippen molar-refractivity contribution in [1.82, 2.24) is 0 Å². The first kappa shape index (κ1) is 19.0. The van der Waals surface area contributed by atoms with Crippen molar-refractivity contribution < 1.29 is 14.6 Å². The smallest absolute Gasteiger partial charge is 0.350 e. The highest BCUT2D eigenvalue weighted by atomic mass is 35.5. The highest BCUT2D eigenvalue weighted by Gasteiger charge is 2.31. The first-order chi connectivity index (χ1) is 11.0. The first-order valence-corrected chi connectivity index (χ1v) is 7.66. The van der Waals surface area contributed by atoms with Crippen LogP contribution in [-0.2, 0) is 4.79 Å². The third-order valence-corrected chi connectivity index (χ3v) is 3.75. The van der Waals surface area contributed by atoms with Gasteiger partial charge in [-0.1, -0.05) is 29.9 Å². The Kier molecular flexibility index (Phi) is 7.59. The van der Waals surface area contributed by atoms with Crippen LogP contribution in [0.2, 0.25) is 11.3 Å². The van der Waals surface area contributed by atoms with Gasteiger partial charge in [-0.25, -0.2) is 5.26 Å². The Bertz CT molecular complexity index is 673. The largest absolute Gasteiger partial charge is 0.512 e. The van der Waals surface area contributed by atoms with Crippen molar-refractivity contribution in [3.05, 3.63) is 34.6 Å². The third-order valence-electron chi connectivity index (χ3n) is 3.33. The van der Waals surface area contributed by atoms with E-state index in [2.05, 4.69) is 17.5 Å². The van der Waals surface area contributed by atoms with E-state index in [0.717, 1.165) is 5.69 Å². The molecule has 0 aliphatic carbocycles. The Morgan fingerprint density at radius 1 is 1.57 bits per heavy atom. The number of nitriles is 1. The van der Waals surface area contributed by atoms with Crippen LogP contribution in [-0.4, -0.2) is 30.1 Å². The number of aliphatic hydroxyl groups is 1. The monoisotopic (exact) mass is 350 g/mol. The lowest BCUT2D eigenvalue weighted by Gasteiger charge is -2.12. The van der Waals surface area contributed by atoms with Crippen molar-refractivity contribution in [3.63, 3.8) is 0 Å². The van der Waals surface area contributed by atoms with E-state index in [-0.39, 0.29) is 11.4 Å². The summed E-state index contributed by atoms with van der Waals surface area (Å²) in [5, 5.41) is 21.0. The molecule has 0 aromatic heterocycles. The molecule has 0 saturated carbocycles. The van der Waals surface area contributed by atoms with Crippen LogP contribution in [0.5, 0.6) is 5.75 Å². The van der Waals surface area contributed by atoms with Gasteiger partial charge in [0.2, 0.25) is 0 Å². The number of allylic oxidation sites excluding steroid dienone is 2. The van der Waals surface area contributed by atoms with Crippen LogP contribution in [0.1, 0.15) is 13.3 Å². The molecule has 1 heterocycles. The average molecular weight is 351 g/mol. The van der Waals surface area contributed by atoms with Crippen molar-refractivity contribution in [1.29, 1.82) is 5.26 Å². The van der Waals surface area contributed by atoms with E-state index in [1.807, 2.05) is 18.1 Å². The Morgan fingerprint density at radius 2 is 2.26 bits per heavy atom. The maximum atomic E-state index is 11.1.